The summed E-state index contributed by atoms with van der Waals surface area (Å²) in [6, 6.07) is 5.90. The van der Waals surface area contributed by atoms with E-state index >= 15 is 0 Å². The fourth-order valence-corrected chi connectivity index (χ4v) is 1.90. The molecule has 0 radical (unpaired) electrons. The van der Waals surface area contributed by atoms with E-state index in [-0.39, 0.29) is 12.4 Å². The molecule has 0 aliphatic heterocycles. The molecule has 0 spiro atoms. The fourth-order valence-electron chi connectivity index (χ4n) is 1.90. The summed E-state index contributed by atoms with van der Waals surface area (Å²) in [6.45, 7) is 1.67. The third-order valence-corrected chi connectivity index (χ3v) is 2.93. The molecular weight excluding hydrogens is 204 g/mol. The molecule has 0 amide bonds. The smallest absolute Gasteiger partial charge is 0.138 e. The molecule has 0 atom stereocenters. The molecule has 1 aromatic rings. The Morgan fingerprint density at radius 1 is 1.38 bits per heavy atom. The first kappa shape index (κ1) is 11.2. The molecule has 1 aliphatic rings. The number of hydrogen-bond acceptors (Lipinski definition) is 4. The number of benzene rings is 1. The minimum absolute atomic E-state index is 0.129. The SMILES string of the molecule is Nc1cc(CN(CCO)C2CC2)ccc1O. The molecule has 0 saturated heterocycles. The van der Waals surface area contributed by atoms with E-state index in [0.717, 1.165) is 12.1 Å². The normalized spacial score (nSPS) is 15.6. The zero-order valence-electron chi connectivity index (χ0n) is 9.26. The Labute approximate surface area is 95.3 Å². The highest BCUT2D eigenvalue weighted by Crippen LogP contribution is 2.29. The van der Waals surface area contributed by atoms with E-state index in [4.69, 9.17) is 10.8 Å². The molecule has 2 rings (SSSR count). The first-order chi connectivity index (χ1) is 7.70. The van der Waals surface area contributed by atoms with E-state index in [0.29, 0.717) is 18.3 Å². The van der Waals surface area contributed by atoms with Crippen LogP contribution in [-0.4, -0.2) is 34.3 Å². The Hall–Kier alpha value is -1.26. The maximum atomic E-state index is 9.32. The van der Waals surface area contributed by atoms with Gasteiger partial charge in [-0.25, -0.2) is 0 Å². The van der Waals surface area contributed by atoms with Gasteiger partial charge in [-0.3, -0.25) is 4.90 Å². The average molecular weight is 222 g/mol. The summed E-state index contributed by atoms with van der Waals surface area (Å²) < 4.78 is 0. The zero-order valence-corrected chi connectivity index (χ0v) is 9.26. The van der Waals surface area contributed by atoms with Crippen LogP contribution in [0.15, 0.2) is 18.2 Å². The predicted octanol–water partition coefficient (Wildman–Crippen LogP) is 0.931. The van der Waals surface area contributed by atoms with Gasteiger partial charge >= 0.3 is 0 Å². The summed E-state index contributed by atoms with van der Waals surface area (Å²) in [7, 11) is 0. The van der Waals surface area contributed by atoms with Gasteiger partial charge in [0.2, 0.25) is 0 Å². The molecule has 4 N–H and O–H groups in total. The van der Waals surface area contributed by atoms with Crippen molar-refractivity contribution >= 4 is 5.69 Å². The number of nitrogens with zero attached hydrogens (tertiary/aromatic N) is 1. The molecule has 1 fully saturated rings. The number of rotatable bonds is 5. The molecule has 88 valence electrons. The van der Waals surface area contributed by atoms with Crippen LogP contribution in [0.1, 0.15) is 18.4 Å². The lowest BCUT2D eigenvalue weighted by atomic mass is 10.1. The summed E-state index contributed by atoms with van der Waals surface area (Å²) in [5.41, 5.74) is 7.14. The van der Waals surface area contributed by atoms with E-state index < -0.39 is 0 Å². The average Bonchev–Trinajstić information content (AvgIpc) is 3.06. The number of nitrogen functional groups attached to an aromatic ring is 1. The van der Waals surface area contributed by atoms with Gasteiger partial charge in [-0.2, -0.15) is 0 Å². The van der Waals surface area contributed by atoms with E-state index in [1.807, 2.05) is 6.07 Å². The number of aliphatic hydroxyl groups is 1. The Morgan fingerprint density at radius 2 is 2.12 bits per heavy atom. The highest BCUT2D eigenvalue weighted by atomic mass is 16.3. The van der Waals surface area contributed by atoms with Crippen molar-refractivity contribution in [2.24, 2.45) is 0 Å². The monoisotopic (exact) mass is 222 g/mol. The summed E-state index contributed by atoms with van der Waals surface area (Å²) >= 11 is 0. The van der Waals surface area contributed by atoms with Crippen molar-refractivity contribution in [3.8, 4) is 5.75 Å². The number of aromatic hydroxyl groups is 1. The molecule has 4 nitrogen and oxygen atoms in total. The Kier molecular flexibility index (Phi) is 3.31. The second-order valence-electron chi connectivity index (χ2n) is 4.32. The van der Waals surface area contributed by atoms with Gasteiger partial charge < -0.3 is 15.9 Å². The second-order valence-corrected chi connectivity index (χ2v) is 4.32. The third-order valence-electron chi connectivity index (χ3n) is 2.93. The van der Waals surface area contributed by atoms with Crippen molar-refractivity contribution in [3.05, 3.63) is 23.8 Å². The topological polar surface area (TPSA) is 69.7 Å². The van der Waals surface area contributed by atoms with Crippen LogP contribution in [-0.2, 0) is 6.54 Å². The molecule has 16 heavy (non-hydrogen) atoms. The number of hydrogen-bond donors (Lipinski definition) is 3. The standard InChI is InChI=1S/C12H18N2O2/c13-11-7-9(1-4-12(11)16)8-14(5-6-15)10-2-3-10/h1,4,7,10,15-16H,2-3,5-6,8,13H2. The Bertz CT molecular complexity index is 364. The van der Waals surface area contributed by atoms with Crippen LogP contribution in [0.2, 0.25) is 0 Å². The van der Waals surface area contributed by atoms with E-state index in [1.165, 1.54) is 12.8 Å². The van der Waals surface area contributed by atoms with Gasteiger partial charge in [-0.15, -0.1) is 0 Å². The Morgan fingerprint density at radius 3 is 2.69 bits per heavy atom. The largest absolute Gasteiger partial charge is 0.506 e. The van der Waals surface area contributed by atoms with Gasteiger partial charge in [-0.1, -0.05) is 6.07 Å². The minimum atomic E-state index is 0.129. The summed E-state index contributed by atoms with van der Waals surface area (Å²) in [4.78, 5) is 2.26. The fraction of sp³-hybridized carbons (Fsp3) is 0.500. The lowest BCUT2D eigenvalue weighted by Crippen LogP contribution is -2.28. The highest BCUT2D eigenvalue weighted by molar-refractivity contribution is 5.53. The molecule has 0 heterocycles. The lowest BCUT2D eigenvalue weighted by Gasteiger charge is -2.21. The second kappa shape index (κ2) is 4.72. The molecule has 0 unspecified atom stereocenters. The van der Waals surface area contributed by atoms with Crippen LogP contribution in [0.4, 0.5) is 5.69 Å². The number of aliphatic hydroxyl groups excluding tert-OH is 1. The molecule has 1 aromatic carbocycles. The van der Waals surface area contributed by atoms with Crippen LogP contribution in [0, 0.1) is 0 Å². The van der Waals surface area contributed by atoms with E-state index in [2.05, 4.69) is 4.90 Å². The van der Waals surface area contributed by atoms with Crippen LogP contribution in [0.5, 0.6) is 5.75 Å². The predicted molar refractivity (Wildman–Crippen MR) is 63.0 cm³/mol. The van der Waals surface area contributed by atoms with Gasteiger partial charge in [0, 0.05) is 19.1 Å². The van der Waals surface area contributed by atoms with Gasteiger partial charge in [0.15, 0.2) is 0 Å². The van der Waals surface area contributed by atoms with Crippen molar-refractivity contribution in [2.75, 3.05) is 18.9 Å². The first-order valence-electron chi connectivity index (χ1n) is 5.63. The number of phenolic OH excluding ortho intramolecular Hbond substituents is 1. The summed E-state index contributed by atoms with van der Waals surface area (Å²) in [6.07, 6.45) is 2.43. The van der Waals surface area contributed by atoms with Gasteiger partial charge in [0.1, 0.15) is 5.75 Å². The number of anilines is 1. The first-order valence-corrected chi connectivity index (χ1v) is 5.63. The van der Waals surface area contributed by atoms with E-state index in [9.17, 15) is 5.11 Å². The third kappa shape index (κ3) is 2.65. The lowest BCUT2D eigenvalue weighted by molar-refractivity contribution is 0.183. The van der Waals surface area contributed by atoms with Crippen molar-refractivity contribution in [2.45, 2.75) is 25.4 Å². The van der Waals surface area contributed by atoms with Gasteiger partial charge in [0.05, 0.1) is 12.3 Å². The Balaban J connectivity index is 2.03. The summed E-state index contributed by atoms with van der Waals surface area (Å²) in [5.74, 6) is 0.129. The minimum Gasteiger partial charge on any atom is -0.506 e. The molecule has 0 bridgehead atoms. The molecule has 0 aromatic heterocycles. The van der Waals surface area contributed by atoms with Crippen LogP contribution < -0.4 is 5.73 Å². The van der Waals surface area contributed by atoms with Crippen LogP contribution in [0.3, 0.4) is 0 Å². The quantitative estimate of drug-likeness (QED) is 0.512. The van der Waals surface area contributed by atoms with Crippen molar-refractivity contribution in [1.82, 2.24) is 4.90 Å². The van der Waals surface area contributed by atoms with Crippen molar-refractivity contribution in [3.63, 3.8) is 0 Å². The maximum Gasteiger partial charge on any atom is 0.138 e. The highest BCUT2D eigenvalue weighted by Gasteiger charge is 2.28. The molecular formula is C12H18N2O2. The number of nitrogens with two attached hydrogens (primary N) is 1. The van der Waals surface area contributed by atoms with Gasteiger partial charge in [0.25, 0.3) is 0 Å². The van der Waals surface area contributed by atoms with Crippen LogP contribution in [0.25, 0.3) is 0 Å². The molecule has 1 saturated carbocycles. The van der Waals surface area contributed by atoms with Crippen molar-refractivity contribution < 1.29 is 10.2 Å². The summed E-state index contributed by atoms with van der Waals surface area (Å²) in [5, 5.41) is 18.3. The zero-order chi connectivity index (χ0) is 11.5. The maximum absolute atomic E-state index is 9.32. The van der Waals surface area contributed by atoms with Gasteiger partial charge in [-0.05, 0) is 30.5 Å². The number of phenols is 1. The molecule has 4 heteroatoms. The van der Waals surface area contributed by atoms with E-state index in [1.54, 1.807) is 12.1 Å². The van der Waals surface area contributed by atoms with Crippen LogP contribution >= 0.6 is 0 Å². The molecule has 1 aliphatic carbocycles. The van der Waals surface area contributed by atoms with Crippen molar-refractivity contribution in [1.29, 1.82) is 0 Å².